The van der Waals surface area contributed by atoms with Crippen molar-refractivity contribution < 1.29 is 14.8 Å². The van der Waals surface area contributed by atoms with E-state index >= 15 is 0 Å². The van der Waals surface area contributed by atoms with Gasteiger partial charge in [-0.25, -0.2) is 0 Å². The molecule has 0 aliphatic carbocycles. The molecule has 1 aromatic carbocycles. The topological polar surface area (TPSA) is 171 Å². The lowest BCUT2D eigenvalue weighted by Gasteiger charge is -1.96. The molecule has 10 heteroatoms. The summed E-state index contributed by atoms with van der Waals surface area (Å²) in [7, 11) is 0. The van der Waals surface area contributed by atoms with E-state index in [0.717, 1.165) is 6.07 Å². The summed E-state index contributed by atoms with van der Waals surface area (Å²) in [6.45, 7) is 0. The summed E-state index contributed by atoms with van der Waals surface area (Å²) in [4.78, 5) is 23.4. The number of benzene rings is 1. The molecule has 0 unspecified atom stereocenters. The molecule has 0 atom stereocenters. The average molecular weight is 243 g/mol. The first-order chi connectivity index (χ1) is 7.82. The molecule has 0 bridgehead atoms. The maximum absolute atomic E-state index is 10.2. The van der Waals surface area contributed by atoms with Crippen molar-refractivity contribution >= 4 is 11.6 Å². The Bertz CT molecular complexity index is 430. The fraction of sp³-hybridized carbons (Fsp3) is 0. The van der Waals surface area contributed by atoms with E-state index in [9.17, 15) is 20.2 Å². The third-order valence-corrected chi connectivity index (χ3v) is 1.21. The van der Waals surface area contributed by atoms with Crippen molar-refractivity contribution in [1.82, 2.24) is 0 Å². The number of nitrogens with zero attached hydrogens (tertiary/aromatic N) is 2. The van der Waals surface area contributed by atoms with Crippen LogP contribution in [-0.4, -0.2) is 16.0 Å². The number of hydrogen-bond donors (Lipinski definition) is 3. The van der Waals surface area contributed by atoms with Crippen molar-refractivity contribution in [3.05, 3.63) is 44.5 Å². The second-order valence-electron chi connectivity index (χ2n) is 2.52. The Labute approximate surface area is 94.5 Å². The van der Waals surface area contributed by atoms with E-state index in [-0.39, 0.29) is 17.4 Å². The number of nitro benzene ring substituents is 1. The van der Waals surface area contributed by atoms with Gasteiger partial charge in [0.15, 0.2) is 5.96 Å². The van der Waals surface area contributed by atoms with Crippen LogP contribution in [0.4, 0.5) is 5.69 Å². The first-order valence-electron chi connectivity index (χ1n) is 3.99. The standard InChI is InChI=1S/C6H4N2O5.CH5N3/c9-7(10)5-2-1-3-6(4-5)13-8(11)12;2-1(3)4/h1-4H;(H5,2,3,4). The summed E-state index contributed by atoms with van der Waals surface area (Å²) in [5, 5.41) is 25.1. The fourth-order valence-electron chi connectivity index (χ4n) is 0.740. The van der Waals surface area contributed by atoms with E-state index in [4.69, 9.17) is 5.41 Å². The zero-order valence-electron chi connectivity index (χ0n) is 8.40. The molecule has 17 heavy (non-hydrogen) atoms. The lowest BCUT2D eigenvalue weighted by molar-refractivity contribution is -0.711. The third kappa shape index (κ3) is 7.07. The first-order valence-corrected chi connectivity index (χ1v) is 3.99. The smallest absolute Gasteiger partial charge is 0.299 e. The highest BCUT2D eigenvalue weighted by atomic mass is 17.0. The molecule has 0 amide bonds. The fourth-order valence-corrected chi connectivity index (χ4v) is 0.740. The van der Waals surface area contributed by atoms with Crippen LogP contribution in [0.15, 0.2) is 24.3 Å². The molecule has 1 rings (SSSR count). The lowest BCUT2D eigenvalue weighted by Crippen LogP contribution is -2.20. The Hall–Kier alpha value is -2.91. The van der Waals surface area contributed by atoms with Crippen LogP contribution in [0.3, 0.4) is 0 Å². The molecule has 10 nitrogen and oxygen atoms in total. The number of nitro groups is 1. The largest absolute Gasteiger partial charge is 0.370 e. The Morgan fingerprint density at radius 3 is 2.24 bits per heavy atom. The zero-order valence-corrected chi connectivity index (χ0v) is 8.40. The van der Waals surface area contributed by atoms with Gasteiger partial charge in [0.2, 0.25) is 0 Å². The van der Waals surface area contributed by atoms with Gasteiger partial charge in [0.1, 0.15) is 5.75 Å². The molecule has 0 spiro atoms. The van der Waals surface area contributed by atoms with Crippen molar-refractivity contribution in [2.45, 2.75) is 0 Å². The van der Waals surface area contributed by atoms with Crippen LogP contribution in [0.1, 0.15) is 0 Å². The summed E-state index contributed by atoms with van der Waals surface area (Å²) in [5.41, 5.74) is 8.69. The first kappa shape index (κ1) is 14.1. The predicted octanol–water partition coefficient (Wildman–Crippen LogP) is 0.00387. The summed E-state index contributed by atoms with van der Waals surface area (Å²) in [5.74, 6) is -0.501. The molecule has 0 saturated heterocycles. The molecule has 0 fully saturated rings. The Balaban J connectivity index is 0.000000557. The van der Waals surface area contributed by atoms with Crippen molar-refractivity contribution in [3.63, 3.8) is 0 Å². The molecule has 0 aromatic heterocycles. The van der Waals surface area contributed by atoms with Gasteiger partial charge in [-0.2, -0.15) is 0 Å². The van der Waals surface area contributed by atoms with Gasteiger partial charge in [0.25, 0.3) is 10.8 Å². The minimum absolute atomic E-state index is 0.167. The molecule has 5 N–H and O–H groups in total. The summed E-state index contributed by atoms with van der Waals surface area (Å²) < 4.78 is 0. The van der Waals surface area contributed by atoms with Crippen molar-refractivity contribution in [1.29, 1.82) is 5.41 Å². The number of nitrogens with one attached hydrogen (secondary N) is 1. The van der Waals surface area contributed by atoms with Crippen molar-refractivity contribution in [3.8, 4) is 5.75 Å². The second kappa shape index (κ2) is 6.55. The maximum Gasteiger partial charge on any atom is 0.299 e. The van der Waals surface area contributed by atoms with Crippen molar-refractivity contribution in [2.75, 3.05) is 0 Å². The minimum atomic E-state index is -1.03. The normalized spacial score (nSPS) is 8.47. The summed E-state index contributed by atoms with van der Waals surface area (Å²) >= 11 is 0. The van der Waals surface area contributed by atoms with Gasteiger partial charge in [-0.1, -0.05) is 6.07 Å². The summed E-state index contributed by atoms with van der Waals surface area (Å²) in [6, 6.07) is 4.75. The zero-order chi connectivity index (χ0) is 13.4. The van der Waals surface area contributed by atoms with Gasteiger partial charge in [0, 0.05) is 12.1 Å². The third-order valence-electron chi connectivity index (χ3n) is 1.21. The number of rotatable bonds is 3. The van der Waals surface area contributed by atoms with Crippen LogP contribution in [0.5, 0.6) is 5.75 Å². The monoisotopic (exact) mass is 243 g/mol. The SMILES string of the molecule is N=C(N)N.O=[N+]([O-])Oc1cccc([N+](=O)[O-])c1. The lowest BCUT2D eigenvalue weighted by atomic mass is 10.3. The molecular formula is C7H9N5O5. The quantitative estimate of drug-likeness (QED) is 0.290. The average Bonchev–Trinajstić information content (AvgIpc) is 2.16. The number of nitrogens with two attached hydrogens (primary N) is 2. The van der Waals surface area contributed by atoms with E-state index in [2.05, 4.69) is 16.3 Å². The van der Waals surface area contributed by atoms with Crippen molar-refractivity contribution in [2.24, 2.45) is 11.5 Å². The minimum Gasteiger partial charge on any atom is -0.370 e. The molecule has 0 heterocycles. The van der Waals surface area contributed by atoms with Crippen LogP contribution in [0.25, 0.3) is 0 Å². The molecule has 92 valence electrons. The molecule has 0 saturated carbocycles. The molecular weight excluding hydrogens is 234 g/mol. The molecule has 0 aliphatic rings. The van der Waals surface area contributed by atoms with Gasteiger partial charge >= 0.3 is 0 Å². The molecule has 1 aromatic rings. The highest BCUT2D eigenvalue weighted by Gasteiger charge is 2.07. The van der Waals surface area contributed by atoms with Gasteiger partial charge in [0.05, 0.1) is 4.92 Å². The van der Waals surface area contributed by atoms with Crippen LogP contribution >= 0.6 is 0 Å². The van der Waals surface area contributed by atoms with Gasteiger partial charge in [-0.15, -0.1) is 10.1 Å². The predicted molar refractivity (Wildman–Crippen MR) is 56.8 cm³/mol. The number of hydrogen-bond acceptors (Lipinski definition) is 6. The van der Waals surface area contributed by atoms with E-state index in [1.54, 1.807) is 0 Å². The van der Waals surface area contributed by atoms with Crippen LogP contribution < -0.4 is 16.3 Å². The molecule has 0 radical (unpaired) electrons. The van der Waals surface area contributed by atoms with E-state index in [1.807, 2.05) is 0 Å². The Kier molecular flexibility index (Phi) is 5.43. The number of non-ortho nitro benzene ring substituents is 1. The van der Waals surface area contributed by atoms with Crippen LogP contribution in [-0.2, 0) is 0 Å². The highest BCUT2D eigenvalue weighted by molar-refractivity contribution is 5.71. The van der Waals surface area contributed by atoms with E-state index in [1.165, 1.54) is 18.2 Å². The van der Waals surface area contributed by atoms with E-state index in [0.29, 0.717) is 0 Å². The summed E-state index contributed by atoms with van der Waals surface area (Å²) in [6.07, 6.45) is 0. The van der Waals surface area contributed by atoms with Crippen LogP contribution in [0.2, 0.25) is 0 Å². The maximum atomic E-state index is 10.2. The van der Waals surface area contributed by atoms with Crippen LogP contribution in [0, 0.1) is 25.6 Å². The van der Waals surface area contributed by atoms with Gasteiger partial charge < -0.3 is 11.5 Å². The second-order valence-corrected chi connectivity index (χ2v) is 2.52. The van der Waals surface area contributed by atoms with Gasteiger partial charge in [-0.05, 0) is 6.07 Å². The van der Waals surface area contributed by atoms with E-state index < -0.39 is 10.0 Å². The van der Waals surface area contributed by atoms with Gasteiger partial charge in [-0.3, -0.25) is 20.4 Å². The Morgan fingerprint density at radius 2 is 1.82 bits per heavy atom. The Morgan fingerprint density at radius 1 is 1.29 bits per heavy atom. The highest BCUT2D eigenvalue weighted by Crippen LogP contribution is 2.18. The number of guanidine groups is 1. The molecule has 0 aliphatic heterocycles.